The molecule has 22 heavy (non-hydrogen) atoms. The number of benzene rings is 2. The summed E-state index contributed by atoms with van der Waals surface area (Å²) >= 11 is 0. The van der Waals surface area contributed by atoms with E-state index in [4.69, 9.17) is 4.74 Å². The summed E-state index contributed by atoms with van der Waals surface area (Å²) in [5.74, 6) is -0.00949. The lowest BCUT2D eigenvalue weighted by Gasteiger charge is -2.27. The number of nitrogens with one attached hydrogen (secondary N) is 1. The van der Waals surface area contributed by atoms with Gasteiger partial charge in [0.05, 0.1) is 12.2 Å². The normalized spacial score (nSPS) is 17.5. The highest BCUT2D eigenvalue weighted by Crippen LogP contribution is 2.37. The van der Waals surface area contributed by atoms with Crippen molar-refractivity contribution in [2.75, 3.05) is 18.5 Å². The first-order valence-corrected chi connectivity index (χ1v) is 7.17. The lowest BCUT2D eigenvalue weighted by atomic mass is 9.92. The number of ether oxygens (including phenoxy) is 1. The molecule has 0 radical (unpaired) electrons. The zero-order valence-corrected chi connectivity index (χ0v) is 11.9. The van der Waals surface area contributed by atoms with Crippen molar-refractivity contribution in [3.63, 3.8) is 0 Å². The quantitative estimate of drug-likeness (QED) is 0.888. The zero-order chi connectivity index (χ0) is 15.6. The van der Waals surface area contributed by atoms with E-state index in [1.54, 1.807) is 6.07 Å². The molecule has 3 rings (SSSR count). The van der Waals surface area contributed by atoms with Gasteiger partial charge < -0.3 is 10.1 Å². The summed E-state index contributed by atoms with van der Waals surface area (Å²) in [6.45, 7) is 1.04. The Hall–Kier alpha value is -2.17. The summed E-state index contributed by atoms with van der Waals surface area (Å²) in [5, 5.41) is 3.29. The first kappa shape index (κ1) is 14.8. The fourth-order valence-electron chi connectivity index (χ4n) is 2.74. The van der Waals surface area contributed by atoms with Gasteiger partial charge in [-0.05, 0) is 30.2 Å². The monoisotopic (exact) mass is 307 g/mol. The molecule has 0 saturated carbocycles. The number of hydrogen-bond donors (Lipinski definition) is 1. The summed E-state index contributed by atoms with van der Waals surface area (Å²) in [6, 6.07) is 13.2. The number of halogens is 3. The Balaban J connectivity index is 1.77. The molecule has 0 aliphatic carbocycles. The second kappa shape index (κ2) is 5.91. The lowest BCUT2D eigenvalue weighted by Crippen LogP contribution is -2.22. The molecule has 116 valence electrons. The Morgan fingerprint density at radius 1 is 1.05 bits per heavy atom. The highest BCUT2D eigenvalue weighted by atomic mass is 19.4. The third-order valence-corrected chi connectivity index (χ3v) is 3.84. The summed E-state index contributed by atoms with van der Waals surface area (Å²) in [6.07, 6.45) is -3.56. The molecule has 2 aromatic rings. The molecule has 1 N–H and O–H groups in total. The standard InChI is InChI=1S/C17H16F3NO/c18-17(19,20)14-6-2-4-8-16(14)22-11-12-9-10-21-15-7-3-1-5-13(12)15/h1-8,12,21H,9-11H2. The van der Waals surface area contributed by atoms with Crippen LogP contribution in [0.15, 0.2) is 48.5 Å². The van der Waals surface area contributed by atoms with Gasteiger partial charge in [0.1, 0.15) is 5.75 Å². The van der Waals surface area contributed by atoms with E-state index in [0.29, 0.717) is 0 Å². The van der Waals surface area contributed by atoms with Crippen LogP contribution in [0.3, 0.4) is 0 Å². The van der Waals surface area contributed by atoms with Gasteiger partial charge in [-0.25, -0.2) is 0 Å². The van der Waals surface area contributed by atoms with Crippen LogP contribution in [0.5, 0.6) is 5.75 Å². The van der Waals surface area contributed by atoms with Gasteiger partial charge in [-0.3, -0.25) is 0 Å². The molecular weight excluding hydrogens is 291 g/mol. The smallest absolute Gasteiger partial charge is 0.419 e. The average molecular weight is 307 g/mol. The molecule has 0 fully saturated rings. The molecule has 0 bridgehead atoms. The lowest BCUT2D eigenvalue weighted by molar-refractivity contribution is -0.139. The Morgan fingerprint density at radius 2 is 1.77 bits per heavy atom. The van der Waals surface area contributed by atoms with E-state index in [-0.39, 0.29) is 18.3 Å². The third-order valence-electron chi connectivity index (χ3n) is 3.84. The predicted molar refractivity (Wildman–Crippen MR) is 79.2 cm³/mol. The number of hydrogen-bond acceptors (Lipinski definition) is 2. The second-order valence-electron chi connectivity index (χ2n) is 5.30. The number of anilines is 1. The fourth-order valence-corrected chi connectivity index (χ4v) is 2.74. The molecule has 1 aliphatic heterocycles. The van der Waals surface area contributed by atoms with Crippen molar-refractivity contribution < 1.29 is 17.9 Å². The van der Waals surface area contributed by atoms with Crippen molar-refractivity contribution in [2.45, 2.75) is 18.5 Å². The van der Waals surface area contributed by atoms with E-state index in [1.807, 2.05) is 24.3 Å². The van der Waals surface area contributed by atoms with Crippen molar-refractivity contribution in [2.24, 2.45) is 0 Å². The first-order valence-electron chi connectivity index (χ1n) is 7.17. The SMILES string of the molecule is FC(F)(F)c1ccccc1OCC1CCNc2ccccc21. The number of para-hydroxylation sites is 2. The van der Waals surface area contributed by atoms with Crippen LogP contribution in [0.25, 0.3) is 0 Å². The van der Waals surface area contributed by atoms with Crippen LogP contribution in [0.1, 0.15) is 23.5 Å². The largest absolute Gasteiger partial charge is 0.492 e. The van der Waals surface area contributed by atoms with E-state index >= 15 is 0 Å². The highest BCUT2D eigenvalue weighted by Gasteiger charge is 2.34. The predicted octanol–water partition coefficient (Wildman–Crippen LogP) is 4.68. The van der Waals surface area contributed by atoms with E-state index < -0.39 is 11.7 Å². The molecule has 0 spiro atoms. The summed E-state index contributed by atoms with van der Waals surface area (Å²) in [5.41, 5.74) is 1.40. The summed E-state index contributed by atoms with van der Waals surface area (Å²) in [7, 11) is 0. The Labute approximate surface area is 126 Å². The molecular formula is C17H16F3NO. The maximum absolute atomic E-state index is 13.0. The molecule has 2 nitrogen and oxygen atoms in total. The summed E-state index contributed by atoms with van der Waals surface area (Å²) < 4.78 is 44.4. The van der Waals surface area contributed by atoms with Crippen molar-refractivity contribution in [3.8, 4) is 5.75 Å². The number of alkyl halides is 3. The maximum Gasteiger partial charge on any atom is 0.419 e. The number of fused-ring (bicyclic) bond motifs is 1. The molecule has 1 unspecified atom stereocenters. The topological polar surface area (TPSA) is 21.3 Å². The van der Waals surface area contributed by atoms with Gasteiger partial charge in [-0.2, -0.15) is 13.2 Å². The van der Waals surface area contributed by atoms with Crippen LogP contribution in [-0.4, -0.2) is 13.2 Å². The van der Waals surface area contributed by atoms with Gasteiger partial charge in [-0.1, -0.05) is 30.3 Å². The molecule has 2 aromatic carbocycles. The maximum atomic E-state index is 13.0. The molecule has 5 heteroatoms. The van der Waals surface area contributed by atoms with Crippen LogP contribution in [0, 0.1) is 0 Å². The molecule has 1 aliphatic rings. The fraction of sp³-hybridized carbons (Fsp3) is 0.294. The minimum absolute atomic E-state index is 0.0961. The van der Waals surface area contributed by atoms with Gasteiger partial charge in [0.15, 0.2) is 0 Å². The Bertz CT molecular complexity index is 654. The van der Waals surface area contributed by atoms with Crippen LogP contribution in [0.4, 0.5) is 18.9 Å². The van der Waals surface area contributed by atoms with Crippen LogP contribution < -0.4 is 10.1 Å². The molecule has 0 aromatic heterocycles. The molecule has 1 atom stereocenters. The van der Waals surface area contributed by atoms with E-state index in [9.17, 15) is 13.2 Å². The first-order chi connectivity index (χ1) is 10.6. The van der Waals surface area contributed by atoms with E-state index in [0.717, 1.165) is 30.3 Å². The minimum atomic E-state index is -4.40. The van der Waals surface area contributed by atoms with E-state index in [2.05, 4.69) is 5.32 Å². The van der Waals surface area contributed by atoms with Gasteiger partial charge >= 0.3 is 6.18 Å². The minimum Gasteiger partial charge on any atom is -0.492 e. The van der Waals surface area contributed by atoms with Gasteiger partial charge in [0, 0.05) is 18.2 Å². The van der Waals surface area contributed by atoms with Crippen molar-refractivity contribution in [1.82, 2.24) is 0 Å². The summed E-state index contributed by atoms with van der Waals surface area (Å²) in [4.78, 5) is 0. The zero-order valence-electron chi connectivity index (χ0n) is 11.9. The highest BCUT2D eigenvalue weighted by molar-refractivity contribution is 5.54. The van der Waals surface area contributed by atoms with Gasteiger partial charge in [0.25, 0.3) is 0 Å². The molecule has 0 amide bonds. The molecule has 1 heterocycles. The Kier molecular flexibility index (Phi) is 3.96. The van der Waals surface area contributed by atoms with Gasteiger partial charge in [0.2, 0.25) is 0 Å². The number of rotatable bonds is 3. The van der Waals surface area contributed by atoms with Gasteiger partial charge in [-0.15, -0.1) is 0 Å². The molecule has 0 saturated heterocycles. The second-order valence-corrected chi connectivity index (χ2v) is 5.30. The van der Waals surface area contributed by atoms with Crippen LogP contribution in [0.2, 0.25) is 0 Å². The third kappa shape index (κ3) is 3.03. The van der Waals surface area contributed by atoms with Crippen molar-refractivity contribution in [1.29, 1.82) is 0 Å². The Morgan fingerprint density at radius 3 is 2.59 bits per heavy atom. The van der Waals surface area contributed by atoms with Crippen molar-refractivity contribution in [3.05, 3.63) is 59.7 Å². The van der Waals surface area contributed by atoms with Crippen LogP contribution in [-0.2, 0) is 6.18 Å². The van der Waals surface area contributed by atoms with Crippen LogP contribution >= 0.6 is 0 Å². The van der Waals surface area contributed by atoms with Crippen molar-refractivity contribution >= 4 is 5.69 Å². The average Bonchev–Trinajstić information content (AvgIpc) is 2.52. The van der Waals surface area contributed by atoms with E-state index in [1.165, 1.54) is 12.1 Å².